The van der Waals surface area contributed by atoms with Crippen molar-refractivity contribution in [2.75, 3.05) is 12.9 Å². The number of carbonyl (C=O) groups excluding carboxylic acids is 1. The molecule has 1 aliphatic rings. The molecule has 0 N–H and O–H groups in total. The van der Waals surface area contributed by atoms with Crippen molar-refractivity contribution >= 4 is 23.6 Å². The Kier molecular flexibility index (Phi) is 4.14. The number of carbonyl (C=O) groups is 1. The van der Waals surface area contributed by atoms with Gasteiger partial charge in [-0.1, -0.05) is 0 Å². The third-order valence-corrected chi connectivity index (χ3v) is 4.49. The van der Waals surface area contributed by atoms with E-state index in [9.17, 15) is 14.9 Å². The second-order valence-corrected chi connectivity index (χ2v) is 5.73. The first-order valence-corrected chi connectivity index (χ1v) is 7.08. The molecule has 2 rings (SSSR count). The predicted molar refractivity (Wildman–Crippen MR) is 69.8 cm³/mol. The summed E-state index contributed by atoms with van der Waals surface area (Å²) in [4.78, 5) is 21.2. The number of esters is 1. The van der Waals surface area contributed by atoms with E-state index < -0.39 is 4.92 Å². The third-order valence-electron chi connectivity index (χ3n) is 3.18. The molecule has 6 nitrogen and oxygen atoms in total. The van der Waals surface area contributed by atoms with Gasteiger partial charge >= 0.3 is 11.9 Å². The summed E-state index contributed by atoms with van der Waals surface area (Å²) in [6, 6.07) is 2.97. The lowest BCUT2D eigenvalue weighted by Crippen LogP contribution is -2.13. The topological polar surface area (TPSA) is 82.6 Å². The minimum Gasteiger partial charge on any atom is -0.469 e. The number of nitro groups is 1. The molecular formula is C12H15NO5S. The van der Waals surface area contributed by atoms with Crippen molar-refractivity contribution in [2.24, 2.45) is 5.41 Å². The van der Waals surface area contributed by atoms with E-state index in [-0.39, 0.29) is 17.3 Å². The van der Waals surface area contributed by atoms with E-state index in [0.717, 1.165) is 18.6 Å². The van der Waals surface area contributed by atoms with Crippen LogP contribution >= 0.6 is 11.8 Å². The van der Waals surface area contributed by atoms with Gasteiger partial charge < -0.3 is 9.15 Å². The molecule has 0 saturated heterocycles. The lowest BCUT2D eigenvalue weighted by molar-refractivity contribution is -0.402. The van der Waals surface area contributed by atoms with E-state index in [1.54, 1.807) is 17.8 Å². The van der Waals surface area contributed by atoms with Crippen molar-refractivity contribution in [2.45, 2.75) is 25.0 Å². The van der Waals surface area contributed by atoms with Gasteiger partial charge in [-0.05, 0) is 30.1 Å². The highest BCUT2D eigenvalue weighted by molar-refractivity contribution is 7.98. The second-order valence-electron chi connectivity index (χ2n) is 4.74. The number of furan rings is 1. The Labute approximate surface area is 114 Å². The molecule has 0 atom stereocenters. The van der Waals surface area contributed by atoms with Gasteiger partial charge in [-0.25, -0.2) is 0 Å². The Morgan fingerprint density at radius 2 is 2.32 bits per heavy atom. The number of ether oxygens (including phenoxy) is 1. The van der Waals surface area contributed by atoms with Crippen LogP contribution in [0.25, 0.3) is 0 Å². The lowest BCUT2D eigenvalue weighted by Gasteiger charge is -2.12. The van der Waals surface area contributed by atoms with Gasteiger partial charge in [-0.3, -0.25) is 14.9 Å². The number of thioether (sulfide) groups is 1. The highest BCUT2D eigenvalue weighted by Gasteiger charge is 2.44. The molecule has 1 aliphatic carbocycles. The number of rotatable bonds is 7. The molecule has 0 bridgehead atoms. The fraction of sp³-hybridized carbons (Fsp3) is 0.583. The first kappa shape index (κ1) is 13.9. The van der Waals surface area contributed by atoms with Crippen LogP contribution < -0.4 is 0 Å². The molecule has 1 heterocycles. The third kappa shape index (κ3) is 3.73. The monoisotopic (exact) mass is 285 g/mol. The summed E-state index contributed by atoms with van der Waals surface area (Å²) in [5, 5.41) is 10.5. The zero-order valence-electron chi connectivity index (χ0n) is 10.6. The first-order valence-electron chi connectivity index (χ1n) is 5.92. The van der Waals surface area contributed by atoms with Gasteiger partial charge in [0.2, 0.25) is 0 Å². The fourth-order valence-electron chi connectivity index (χ4n) is 1.84. The molecule has 19 heavy (non-hydrogen) atoms. The van der Waals surface area contributed by atoms with Crippen LogP contribution in [-0.2, 0) is 15.3 Å². The molecule has 1 aromatic rings. The Hall–Kier alpha value is -1.50. The molecule has 0 radical (unpaired) electrons. The lowest BCUT2D eigenvalue weighted by atomic mass is 10.1. The van der Waals surface area contributed by atoms with Crippen molar-refractivity contribution in [1.29, 1.82) is 0 Å². The van der Waals surface area contributed by atoms with Crippen molar-refractivity contribution < 1.29 is 18.9 Å². The van der Waals surface area contributed by atoms with Crippen molar-refractivity contribution in [3.8, 4) is 0 Å². The highest BCUT2D eigenvalue weighted by atomic mass is 32.2. The number of methoxy groups -OCH3 is 1. The standard InChI is InChI=1S/C12H15NO5S/c1-17-11(14)6-12(4-5-12)8-19-7-9-2-3-10(18-9)13(15)16/h2-3H,4-8H2,1H3. The number of hydrogen-bond donors (Lipinski definition) is 0. The van der Waals surface area contributed by atoms with Crippen LogP contribution in [0.4, 0.5) is 5.88 Å². The summed E-state index contributed by atoms with van der Waals surface area (Å²) < 4.78 is 9.75. The minimum atomic E-state index is -0.548. The van der Waals surface area contributed by atoms with Crippen molar-refractivity contribution in [3.63, 3.8) is 0 Å². The van der Waals surface area contributed by atoms with E-state index in [4.69, 9.17) is 4.42 Å². The van der Waals surface area contributed by atoms with Crippen LogP contribution in [0.5, 0.6) is 0 Å². The van der Waals surface area contributed by atoms with E-state index in [1.807, 2.05) is 0 Å². The maximum atomic E-state index is 11.3. The van der Waals surface area contributed by atoms with Crippen LogP contribution in [0.2, 0.25) is 0 Å². The van der Waals surface area contributed by atoms with E-state index in [0.29, 0.717) is 17.9 Å². The first-order chi connectivity index (χ1) is 9.04. The van der Waals surface area contributed by atoms with Gasteiger partial charge in [0.05, 0.1) is 25.3 Å². The highest BCUT2D eigenvalue weighted by Crippen LogP contribution is 2.51. The van der Waals surface area contributed by atoms with Crippen LogP contribution in [0.1, 0.15) is 25.0 Å². The van der Waals surface area contributed by atoms with Crippen LogP contribution in [0.3, 0.4) is 0 Å². The quantitative estimate of drug-likeness (QED) is 0.435. The van der Waals surface area contributed by atoms with Gasteiger partial charge in [0.25, 0.3) is 0 Å². The Bertz CT molecular complexity index is 480. The normalized spacial score (nSPS) is 16.1. The molecule has 1 aromatic heterocycles. The van der Waals surface area contributed by atoms with E-state index in [1.165, 1.54) is 13.2 Å². The maximum absolute atomic E-state index is 11.3. The SMILES string of the molecule is COC(=O)CC1(CSCc2ccc([N+](=O)[O-])o2)CC1. The van der Waals surface area contributed by atoms with Gasteiger partial charge in [-0.2, -0.15) is 11.8 Å². The molecule has 104 valence electrons. The molecule has 7 heteroatoms. The molecule has 0 unspecified atom stereocenters. The second kappa shape index (κ2) is 5.64. The summed E-state index contributed by atoms with van der Waals surface area (Å²) in [5.74, 6) is 1.61. The zero-order chi connectivity index (χ0) is 13.9. The van der Waals surface area contributed by atoms with Crippen molar-refractivity contribution in [3.05, 3.63) is 28.0 Å². The summed E-state index contributed by atoms with van der Waals surface area (Å²) >= 11 is 1.63. The van der Waals surface area contributed by atoms with Gasteiger partial charge in [0.15, 0.2) is 0 Å². The predicted octanol–water partition coefficient (Wildman–Crippen LogP) is 2.76. The van der Waals surface area contributed by atoms with Gasteiger partial charge in [0, 0.05) is 0 Å². The van der Waals surface area contributed by atoms with E-state index >= 15 is 0 Å². The maximum Gasteiger partial charge on any atom is 0.433 e. The van der Waals surface area contributed by atoms with Crippen LogP contribution in [0, 0.1) is 15.5 Å². The Balaban J connectivity index is 1.77. The van der Waals surface area contributed by atoms with Crippen LogP contribution in [0.15, 0.2) is 16.5 Å². The molecule has 1 fully saturated rings. The molecule has 1 saturated carbocycles. The molecule has 0 spiro atoms. The molecular weight excluding hydrogens is 270 g/mol. The molecule has 0 aliphatic heterocycles. The molecule has 0 amide bonds. The minimum absolute atomic E-state index is 0.0658. The van der Waals surface area contributed by atoms with Crippen LogP contribution in [-0.4, -0.2) is 23.8 Å². The summed E-state index contributed by atoms with van der Waals surface area (Å²) in [7, 11) is 1.40. The zero-order valence-corrected chi connectivity index (χ0v) is 11.4. The van der Waals surface area contributed by atoms with Gasteiger partial charge in [0.1, 0.15) is 10.7 Å². The summed E-state index contributed by atoms with van der Waals surface area (Å²) in [6.07, 6.45) is 2.52. The average molecular weight is 285 g/mol. The summed E-state index contributed by atoms with van der Waals surface area (Å²) in [5.41, 5.74) is 0.0658. The largest absolute Gasteiger partial charge is 0.469 e. The number of nitrogens with zero attached hydrogens (tertiary/aromatic N) is 1. The molecule has 0 aromatic carbocycles. The van der Waals surface area contributed by atoms with Gasteiger partial charge in [-0.15, -0.1) is 0 Å². The van der Waals surface area contributed by atoms with E-state index in [2.05, 4.69) is 4.74 Å². The Morgan fingerprint density at radius 3 is 2.84 bits per heavy atom. The summed E-state index contributed by atoms with van der Waals surface area (Å²) in [6.45, 7) is 0. The smallest absolute Gasteiger partial charge is 0.433 e. The van der Waals surface area contributed by atoms with Crippen molar-refractivity contribution in [1.82, 2.24) is 0 Å². The fourth-order valence-corrected chi connectivity index (χ4v) is 3.12. The number of hydrogen-bond acceptors (Lipinski definition) is 6. The average Bonchev–Trinajstić information content (AvgIpc) is 2.95. The Morgan fingerprint density at radius 1 is 1.58 bits per heavy atom.